The highest BCUT2D eigenvalue weighted by atomic mass is 16.3. The van der Waals surface area contributed by atoms with E-state index in [2.05, 4.69) is 32.6 Å². The van der Waals surface area contributed by atoms with Crippen molar-refractivity contribution in [2.45, 2.75) is 86.2 Å². The number of hydrogen-bond acceptors (Lipinski definition) is 7. The van der Waals surface area contributed by atoms with Crippen LogP contribution in [-0.2, 0) is 27.2 Å². The molecular weight excluding hydrogens is 580 g/mol. The largest absolute Gasteiger partial charge is 0.508 e. The summed E-state index contributed by atoms with van der Waals surface area (Å²) in [7, 11) is 0. The number of allylic oxidation sites excluding steroid dienone is 2. The lowest BCUT2D eigenvalue weighted by atomic mass is 9.43. The van der Waals surface area contributed by atoms with E-state index in [0.717, 1.165) is 42.9 Å². The molecular formula is C39H46O7. The summed E-state index contributed by atoms with van der Waals surface area (Å²) < 4.78 is 0. The number of benzene rings is 2. The number of phenols is 1. The van der Waals surface area contributed by atoms with Crippen LogP contribution < -0.4 is 0 Å². The molecule has 0 saturated heterocycles. The SMILES string of the molecule is C=C(Cc1ccc(-c2ccc(O)c3c2CC2(C)CC4(C)C(C(C)C)C(=O)C(C(C)=O)=C(O)C4(O)C(=O)C2=C3O)cc1)CC(C)CC. The van der Waals surface area contributed by atoms with Gasteiger partial charge in [0, 0.05) is 22.3 Å². The van der Waals surface area contributed by atoms with Gasteiger partial charge in [0.05, 0.1) is 5.56 Å². The summed E-state index contributed by atoms with van der Waals surface area (Å²) in [5.74, 6) is -4.73. The first-order valence-corrected chi connectivity index (χ1v) is 16.2. The molecule has 0 spiro atoms. The third kappa shape index (κ3) is 4.77. The van der Waals surface area contributed by atoms with Crippen molar-refractivity contribution < 1.29 is 34.8 Å². The molecule has 1 saturated carbocycles. The Hall–Kier alpha value is -3.97. The summed E-state index contributed by atoms with van der Waals surface area (Å²) in [5.41, 5.74) is -1.21. The van der Waals surface area contributed by atoms with Gasteiger partial charge in [0.2, 0.25) is 5.78 Å². The fourth-order valence-electron chi connectivity index (χ4n) is 8.79. The standard InChI is InChI=1S/C39H46O7/c1-9-21(4)16-22(5)17-24-10-12-25(13-11-24)26-14-15-28(41)30-27(26)18-37(7)19-38(8)31(20(2)3)33(42)29(23(6)40)35(44)39(38,46)36(45)32(37)34(30)43/h10-15,20-21,31,41,43-44,46H,5,9,16-19H2,1-4,6-8H3. The summed E-state index contributed by atoms with van der Waals surface area (Å²) in [5, 5.41) is 46.4. The molecule has 1 fully saturated rings. The second-order valence-corrected chi connectivity index (χ2v) is 14.8. The van der Waals surface area contributed by atoms with Crippen LogP contribution in [0.2, 0.25) is 0 Å². The predicted molar refractivity (Wildman–Crippen MR) is 178 cm³/mol. The fraction of sp³-hybridized carbons (Fsp3) is 0.462. The quantitative estimate of drug-likeness (QED) is 0.177. The molecule has 4 N–H and O–H groups in total. The molecule has 244 valence electrons. The molecule has 0 bridgehead atoms. The van der Waals surface area contributed by atoms with Crippen molar-refractivity contribution >= 4 is 23.1 Å². The summed E-state index contributed by atoms with van der Waals surface area (Å²) >= 11 is 0. The number of ketones is 3. The third-order valence-electron chi connectivity index (χ3n) is 10.9. The number of carbonyl (C=O) groups is 3. The lowest BCUT2D eigenvalue weighted by Crippen LogP contribution is -2.69. The number of phenolic OH excluding ortho intramolecular Hbond substituents is 1. The maximum Gasteiger partial charge on any atom is 0.203 e. The molecule has 0 amide bonds. The van der Waals surface area contributed by atoms with Crippen molar-refractivity contribution in [2.24, 2.45) is 28.6 Å². The number of rotatable bonds is 8. The van der Waals surface area contributed by atoms with E-state index in [0.29, 0.717) is 11.5 Å². The third-order valence-corrected chi connectivity index (χ3v) is 10.9. The molecule has 5 unspecified atom stereocenters. The highest BCUT2D eigenvalue weighted by molar-refractivity contribution is 6.24. The van der Waals surface area contributed by atoms with Gasteiger partial charge < -0.3 is 20.4 Å². The average molecular weight is 627 g/mol. The summed E-state index contributed by atoms with van der Waals surface area (Å²) in [6.07, 6.45) is 3.11. The van der Waals surface area contributed by atoms with Gasteiger partial charge in [0.15, 0.2) is 17.2 Å². The number of fused-ring (bicyclic) bond motifs is 3. The van der Waals surface area contributed by atoms with Crippen molar-refractivity contribution in [3.05, 3.63) is 82.1 Å². The van der Waals surface area contributed by atoms with Crippen LogP contribution in [0.25, 0.3) is 16.9 Å². The van der Waals surface area contributed by atoms with Gasteiger partial charge in [-0.2, -0.15) is 0 Å². The lowest BCUT2D eigenvalue weighted by molar-refractivity contribution is -0.178. The number of aromatic hydroxyl groups is 1. The van der Waals surface area contributed by atoms with Crippen molar-refractivity contribution in [1.29, 1.82) is 0 Å². The van der Waals surface area contributed by atoms with E-state index in [1.807, 2.05) is 19.1 Å². The van der Waals surface area contributed by atoms with Gasteiger partial charge in [0.1, 0.15) is 22.8 Å². The Morgan fingerprint density at radius 3 is 2.22 bits per heavy atom. The Balaban J connectivity index is 1.65. The first kappa shape index (κ1) is 33.4. The Kier molecular flexibility index (Phi) is 8.26. The zero-order valence-corrected chi connectivity index (χ0v) is 28.0. The normalized spacial score (nSPS) is 28.2. The van der Waals surface area contributed by atoms with Crippen molar-refractivity contribution in [1.82, 2.24) is 0 Å². The number of carbonyl (C=O) groups excluding carboxylic acids is 3. The average Bonchev–Trinajstić information content (AvgIpc) is 2.95. The van der Waals surface area contributed by atoms with Gasteiger partial charge in [-0.15, -0.1) is 0 Å². The molecule has 5 rings (SSSR count). The molecule has 0 heterocycles. The van der Waals surface area contributed by atoms with E-state index >= 15 is 0 Å². The summed E-state index contributed by atoms with van der Waals surface area (Å²) in [6.45, 7) is 16.8. The molecule has 2 aromatic carbocycles. The van der Waals surface area contributed by atoms with Gasteiger partial charge in [-0.3, -0.25) is 14.4 Å². The second-order valence-electron chi connectivity index (χ2n) is 14.8. The van der Waals surface area contributed by atoms with Crippen LogP contribution in [0.15, 0.2) is 65.5 Å². The molecule has 7 nitrogen and oxygen atoms in total. The maximum atomic E-state index is 14.5. The van der Waals surface area contributed by atoms with E-state index in [1.54, 1.807) is 26.8 Å². The first-order chi connectivity index (χ1) is 21.4. The van der Waals surface area contributed by atoms with Crippen molar-refractivity contribution in [3.63, 3.8) is 0 Å². The number of hydrogen-bond donors (Lipinski definition) is 4. The molecule has 0 aliphatic heterocycles. The molecule has 3 aliphatic carbocycles. The van der Waals surface area contributed by atoms with Crippen LogP contribution in [0.3, 0.4) is 0 Å². The zero-order valence-electron chi connectivity index (χ0n) is 28.0. The number of aliphatic hydroxyl groups excluding tert-OH is 2. The van der Waals surface area contributed by atoms with Gasteiger partial charge in [0.25, 0.3) is 0 Å². The van der Waals surface area contributed by atoms with Gasteiger partial charge in [-0.25, -0.2) is 0 Å². The molecule has 0 radical (unpaired) electrons. The van der Waals surface area contributed by atoms with E-state index in [-0.39, 0.29) is 35.6 Å². The van der Waals surface area contributed by atoms with E-state index < -0.39 is 56.8 Å². The topological polar surface area (TPSA) is 132 Å². The second kappa shape index (κ2) is 11.4. The highest BCUT2D eigenvalue weighted by Gasteiger charge is 2.72. The van der Waals surface area contributed by atoms with Crippen LogP contribution >= 0.6 is 0 Å². The van der Waals surface area contributed by atoms with Crippen molar-refractivity contribution in [2.75, 3.05) is 0 Å². The predicted octanol–water partition coefficient (Wildman–Crippen LogP) is 7.39. The lowest BCUT2D eigenvalue weighted by Gasteiger charge is -2.59. The van der Waals surface area contributed by atoms with Crippen LogP contribution in [0.5, 0.6) is 5.75 Å². The minimum Gasteiger partial charge on any atom is -0.508 e. The Morgan fingerprint density at radius 2 is 1.65 bits per heavy atom. The molecule has 0 aromatic heterocycles. The fourth-order valence-corrected chi connectivity index (χ4v) is 8.79. The van der Waals surface area contributed by atoms with E-state index in [1.165, 1.54) is 11.6 Å². The molecule has 2 aromatic rings. The van der Waals surface area contributed by atoms with Crippen LogP contribution in [0, 0.1) is 28.6 Å². The Morgan fingerprint density at radius 1 is 1.02 bits per heavy atom. The monoisotopic (exact) mass is 626 g/mol. The smallest absolute Gasteiger partial charge is 0.203 e. The minimum atomic E-state index is -2.63. The van der Waals surface area contributed by atoms with Gasteiger partial charge in [-0.1, -0.05) is 90.4 Å². The minimum absolute atomic E-state index is 0.0528. The molecule has 5 atom stereocenters. The van der Waals surface area contributed by atoms with E-state index in [9.17, 15) is 34.8 Å². The van der Waals surface area contributed by atoms with Gasteiger partial charge >= 0.3 is 0 Å². The number of aliphatic hydroxyl groups is 3. The zero-order chi connectivity index (χ0) is 34.1. The first-order valence-electron chi connectivity index (χ1n) is 16.2. The maximum absolute atomic E-state index is 14.5. The Labute approximate surface area is 271 Å². The summed E-state index contributed by atoms with van der Waals surface area (Å²) in [6, 6.07) is 11.4. The van der Waals surface area contributed by atoms with Crippen molar-refractivity contribution in [3.8, 4) is 16.9 Å². The highest BCUT2D eigenvalue weighted by Crippen LogP contribution is 2.65. The van der Waals surface area contributed by atoms with Gasteiger partial charge in [-0.05, 0) is 72.8 Å². The Bertz CT molecular complexity index is 1720. The number of Topliss-reactive ketones (excluding diaryl/α,β-unsaturated/α-hetero) is 3. The van der Waals surface area contributed by atoms with E-state index in [4.69, 9.17) is 0 Å². The molecule has 46 heavy (non-hydrogen) atoms. The van der Waals surface area contributed by atoms with Crippen LogP contribution in [0.1, 0.15) is 84.4 Å². The molecule has 7 heteroatoms. The molecule has 3 aliphatic rings. The van der Waals surface area contributed by atoms with Crippen LogP contribution in [0.4, 0.5) is 0 Å². The summed E-state index contributed by atoms with van der Waals surface area (Å²) in [4.78, 5) is 40.8. The van der Waals surface area contributed by atoms with Crippen LogP contribution in [-0.4, -0.2) is 43.4 Å².